The SMILES string of the molecule is COC(=O)c1cc(N(CC2CCNCC2)C2CC2)ccn1. The molecule has 1 saturated carbocycles. The van der Waals surface area contributed by atoms with Crippen molar-refractivity contribution in [1.29, 1.82) is 0 Å². The van der Waals surface area contributed by atoms with Gasteiger partial charge in [-0.25, -0.2) is 9.78 Å². The molecule has 1 saturated heterocycles. The summed E-state index contributed by atoms with van der Waals surface area (Å²) in [6.45, 7) is 3.32. The molecular formula is C16H23N3O2. The molecule has 1 aliphatic heterocycles. The molecule has 1 aromatic heterocycles. The summed E-state index contributed by atoms with van der Waals surface area (Å²) in [4.78, 5) is 18.2. The molecule has 3 rings (SSSR count). The fraction of sp³-hybridized carbons (Fsp3) is 0.625. The van der Waals surface area contributed by atoms with Crippen LogP contribution >= 0.6 is 0 Å². The van der Waals surface area contributed by atoms with Crippen LogP contribution < -0.4 is 10.2 Å². The number of esters is 1. The molecule has 0 atom stereocenters. The number of nitrogens with one attached hydrogen (secondary N) is 1. The second kappa shape index (κ2) is 6.43. The van der Waals surface area contributed by atoms with E-state index in [4.69, 9.17) is 4.74 Å². The molecule has 1 N–H and O–H groups in total. The summed E-state index contributed by atoms with van der Waals surface area (Å²) in [5, 5.41) is 3.41. The summed E-state index contributed by atoms with van der Waals surface area (Å²) in [5.74, 6) is 0.371. The molecular weight excluding hydrogens is 266 g/mol. The van der Waals surface area contributed by atoms with Crippen LogP contribution in [0.4, 0.5) is 5.69 Å². The standard InChI is InChI=1S/C16H23N3O2/c1-21-16(20)15-10-14(6-9-18-15)19(13-2-3-13)11-12-4-7-17-8-5-12/h6,9-10,12-13,17H,2-5,7-8,11H2,1H3. The molecule has 2 fully saturated rings. The summed E-state index contributed by atoms with van der Waals surface area (Å²) in [6, 6.07) is 4.50. The maximum absolute atomic E-state index is 11.7. The number of hydrogen-bond acceptors (Lipinski definition) is 5. The highest BCUT2D eigenvalue weighted by atomic mass is 16.5. The minimum absolute atomic E-state index is 0.366. The summed E-state index contributed by atoms with van der Waals surface area (Å²) in [5.41, 5.74) is 1.50. The Kier molecular flexibility index (Phi) is 4.39. The number of rotatable bonds is 5. The van der Waals surface area contributed by atoms with E-state index >= 15 is 0 Å². The molecule has 21 heavy (non-hydrogen) atoms. The Morgan fingerprint density at radius 3 is 2.81 bits per heavy atom. The van der Waals surface area contributed by atoms with Crippen LogP contribution in [0.2, 0.25) is 0 Å². The van der Waals surface area contributed by atoms with Crippen molar-refractivity contribution in [3.8, 4) is 0 Å². The fourth-order valence-corrected chi connectivity index (χ4v) is 3.01. The number of carbonyl (C=O) groups excluding carboxylic acids is 1. The van der Waals surface area contributed by atoms with Gasteiger partial charge in [0, 0.05) is 24.5 Å². The minimum Gasteiger partial charge on any atom is -0.464 e. The maximum atomic E-state index is 11.7. The van der Waals surface area contributed by atoms with Gasteiger partial charge in [-0.15, -0.1) is 0 Å². The van der Waals surface area contributed by atoms with Crippen LogP contribution in [-0.2, 0) is 4.74 Å². The lowest BCUT2D eigenvalue weighted by atomic mass is 9.97. The van der Waals surface area contributed by atoms with E-state index in [-0.39, 0.29) is 5.97 Å². The number of aromatic nitrogens is 1. The quantitative estimate of drug-likeness (QED) is 0.838. The Balaban J connectivity index is 1.75. The number of hydrogen-bond donors (Lipinski definition) is 1. The summed E-state index contributed by atoms with van der Waals surface area (Å²) in [6.07, 6.45) is 6.68. The van der Waals surface area contributed by atoms with Crippen LogP contribution in [0.15, 0.2) is 18.3 Å². The number of carbonyl (C=O) groups is 1. The molecule has 0 aromatic carbocycles. The van der Waals surface area contributed by atoms with Gasteiger partial charge in [0.05, 0.1) is 7.11 Å². The van der Waals surface area contributed by atoms with Crippen molar-refractivity contribution in [3.05, 3.63) is 24.0 Å². The lowest BCUT2D eigenvalue weighted by molar-refractivity contribution is 0.0594. The molecule has 2 heterocycles. The number of ether oxygens (including phenoxy) is 1. The van der Waals surface area contributed by atoms with Crippen LogP contribution in [0.5, 0.6) is 0 Å². The number of nitrogens with zero attached hydrogens (tertiary/aromatic N) is 2. The second-order valence-electron chi connectivity index (χ2n) is 5.97. The Labute approximate surface area is 125 Å². The third-order valence-corrected chi connectivity index (χ3v) is 4.37. The molecule has 5 heteroatoms. The molecule has 1 aliphatic carbocycles. The van der Waals surface area contributed by atoms with Crippen LogP contribution in [0.25, 0.3) is 0 Å². The monoisotopic (exact) mass is 289 g/mol. The first kappa shape index (κ1) is 14.3. The minimum atomic E-state index is -0.366. The highest BCUT2D eigenvalue weighted by Crippen LogP contribution is 2.33. The van der Waals surface area contributed by atoms with Crippen molar-refractivity contribution in [3.63, 3.8) is 0 Å². The molecule has 1 aromatic rings. The predicted molar refractivity (Wildman–Crippen MR) is 81.5 cm³/mol. The van der Waals surface area contributed by atoms with E-state index < -0.39 is 0 Å². The van der Waals surface area contributed by atoms with Crippen molar-refractivity contribution < 1.29 is 9.53 Å². The molecule has 0 spiro atoms. The van der Waals surface area contributed by atoms with Gasteiger partial charge in [0.2, 0.25) is 0 Å². The molecule has 0 amide bonds. The first-order valence-electron chi connectivity index (χ1n) is 7.79. The van der Waals surface area contributed by atoms with Crippen molar-refractivity contribution >= 4 is 11.7 Å². The topological polar surface area (TPSA) is 54.5 Å². The first-order valence-corrected chi connectivity index (χ1v) is 7.79. The lowest BCUT2D eigenvalue weighted by Gasteiger charge is -2.32. The van der Waals surface area contributed by atoms with Crippen LogP contribution in [0.3, 0.4) is 0 Å². The van der Waals surface area contributed by atoms with Gasteiger partial charge in [-0.2, -0.15) is 0 Å². The molecule has 0 unspecified atom stereocenters. The molecule has 0 bridgehead atoms. The van der Waals surface area contributed by atoms with E-state index in [1.54, 1.807) is 6.20 Å². The van der Waals surface area contributed by atoms with Crippen LogP contribution in [0, 0.1) is 5.92 Å². The molecule has 0 radical (unpaired) electrons. The third kappa shape index (κ3) is 3.53. The second-order valence-corrected chi connectivity index (χ2v) is 5.97. The number of anilines is 1. The van der Waals surface area contributed by atoms with Gasteiger partial charge >= 0.3 is 5.97 Å². The maximum Gasteiger partial charge on any atom is 0.356 e. The van der Waals surface area contributed by atoms with Gasteiger partial charge in [-0.1, -0.05) is 0 Å². The normalized spacial score (nSPS) is 19.3. The van der Waals surface area contributed by atoms with Gasteiger partial charge in [0.15, 0.2) is 0 Å². The number of pyridine rings is 1. The molecule has 114 valence electrons. The Bertz CT molecular complexity index is 496. The Morgan fingerprint density at radius 2 is 2.14 bits per heavy atom. The van der Waals surface area contributed by atoms with Gasteiger partial charge in [-0.05, 0) is 56.8 Å². The Morgan fingerprint density at radius 1 is 1.38 bits per heavy atom. The molecule has 5 nitrogen and oxygen atoms in total. The largest absolute Gasteiger partial charge is 0.464 e. The highest BCUT2D eigenvalue weighted by molar-refractivity contribution is 5.88. The van der Waals surface area contributed by atoms with Crippen LogP contribution in [-0.4, -0.2) is 43.7 Å². The smallest absolute Gasteiger partial charge is 0.356 e. The van der Waals surface area contributed by atoms with Crippen molar-refractivity contribution in [2.75, 3.05) is 31.6 Å². The van der Waals surface area contributed by atoms with Gasteiger partial charge in [-0.3, -0.25) is 0 Å². The highest BCUT2D eigenvalue weighted by Gasteiger charge is 2.31. The lowest BCUT2D eigenvalue weighted by Crippen LogP contribution is -2.37. The average molecular weight is 289 g/mol. The van der Waals surface area contributed by atoms with Crippen molar-refractivity contribution in [1.82, 2.24) is 10.3 Å². The zero-order valence-electron chi connectivity index (χ0n) is 12.5. The average Bonchev–Trinajstić information content (AvgIpc) is 3.38. The Hall–Kier alpha value is -1.62. The fourth-order valence-electron chi connectivity index (χ4n) is 3.01. The van der Waals surface area contributed by atoms with Crippen LogP contribution in [0.1, 0.15) is 36.2 Å². The number of methoxy groups -OCH3 is 1. The first-order chi connectivity index (χ1) is 10.3. The summed E-state index contributed by atoms with van der Waals surface area (Å²) < 4.78 is 4.77. The van der Waals surface area contributed by atoms with E-state index in [1.165, 1.54) is 32.8 Å². The number of piperidine rings is 1. The van der Waals surface area contributed by atoms with E-state index in [2.05, 4.69) is 15.2 Å². The van der Waals surface area contributed by atoms with Gasteiger partial charge in [0.1, 0.15) is 5.69 Å². The van der Waals surface area contributed by atoms with E-state index in [1.807, 2.05) is 12.1 Å². The summed E-state index contributed by atoms with van der Waals surface area (Å²) >= 11 is 0. The summed E-state index contributed by atoms with van der Waals surface area (Å²) in [7, 11) is 1.39. The predicted octanol–water partition coefficient (Wildman–Crippen LogP) is 1.84. The van der Waals surface area contributed by atoms with Crippen molar-refractivity contribution in [2.24, 2.45) is 5.92 Å². The van der Waals surface area contributed by atoms with Gasteiger partial charge < -0.3 is 15.0 Å². The third-order valence-electron chi connectivity index (χ3n) is 4.37. The zero-order valence-corrected chi connectivity index (χ0v) is 12.5. The molecule has 2 aliphatic rings. The zero-order chi connectivity index (χ0) is 14.7. The van der Waals surface area contributed by atoms with E-state index in [0.29, 0.717) is 11.7 Å². The van der Waals surface area contributed by atoms with E-state index in [0.717, 1.165) is 31.2 Å². The van der Waals surface area contributed by atoms with E-state index in [9.17, 15) is 4.79 Å². The van der Waals surface area contributed by atoms with Gasteiger partial charge in [0.25, 0.3) is 0 Å². The van der Waals surface area contributed by atoms with Crippen molar-refractivity contribution in [2.45, 2.75) is 31.7 Å².